The van der Waals surface area contributed by atoms with Crippen molar-refractivity contribution in [2.45, 2.75) is 141 Å². The number of rotatable bonds is 26. The molecule has 10 heterocycles. The number of pyridine rings is 2. The Balaban J connectivity index is 0.000000184. The first-order chi connectivity index (χ1) is 63.3. The van der Waals surface area contributed by atoms with E-state index in [0.29, 0.717) is 71.8 Å². The van der Waals surface area contributed by atoms with Crippen LogP contribution in [0, 0.1) is 54.7 Å². The molecule has 28 nitrogen and oxygen atoms in total. The summed E-state index contributed by atoms with van der Waals surface area (Å²) in [5, 5.41) is 27.9. The van der Waals surface area contributed by atoms with Gasteiger partial charge in [-0.2, -0.15) is 0 Å². The third kappa shape index (κ3) is 22.2. The number of piperidine rings is 2. The second-order valence-corrected chi connectivity index (χ2v) is 43.0. The topological polar surface area (TPSA) is 326 Å². The Kier molecular flexibility index (Phi) is 27.9. The highest BCUT2D eigenvalue weighted by Gasteiger charge is 2.39. The quantitative estimate of drug-likeness (QED) is 0.0289. The molecule has 4 N–H and O–H groups in total. The Morgan fingerprint density at radius 2 is 0.924 bits per heavy atom. The monoisotopic (exact) mass is 1870 g/mol. The number of nitro benzene ring substituents is 2. The number of hydrogen-bond donors (Lipinski definition) is 4. The number of carbonyl (C=O) groups is 2. The van der Waals surface area contributed by atoms with Gasteiger partial charge in [0.25, 0.3) is 43.2 Å². The molecule has 6 aromatic carbocycles. The van der Waals surface area contributed by atoms with E-state index in [-0.39, 0.29) is 68.2 Å². The van der Waals surface area contributed by atoms with E-state index in [9.17, 15) is 46.7 Å². The van der Waals surface area contributed by atoms with Gasteiger partial charge in [-0.25, -0.2) is 36.2 Å². The number of hydrogen-bond acceptors (Lipinski definition) is 22. The standard InChI is InChI=1S/2C50H58ClN7O7S/c2*1-33-5-4-17-55(30-33)18-14-34-23-43-45(58(60)61)26-41(27-46(43)64-32-34)66(62,63)54-49(59)42-11-10-39(25-47(42)65-40-24-36-13-16-52-48(36)53-29-40)57-21-19-56(20-22-57)31-37-12-15-50(2,3)28-44(37)35-6-8-38(51)9-7-35/h2*6-11,13,16,24-27,29,33-34H,4-5,12,14-15,17-23,28,30-32H2,1-3H3,(H,52,53)(H,54,59)/t33-,34+;33-,34-/m01/s1. The number of aromatic nitrogens is 4. The number of nitro groups is 2. The third-order valence-electron chi connectivity index (χ3n) is 27.6. The van der Waals surface area contributed by atoms with Gasteiger partial charge in [-0.15, -0.1) is 0 Å². The number of nitrogens with zero attached hydrogens (tertiary/aromatic N) is 10. The van der Waals surface area contributed by atoms with E-state index in [2.05, 4.69) is 125 Å². The first-order valence-corrected chi connectivity index (χ1v) is 49.9. The smallest absolute Gasteiger partial charge is 0.277 e. The van der Waals surface area contributed by atoms with Gasteiger partial charge in [0.05, 0.1) is 67.5 Å². The largest absolute Gasteiger partial charge is 0.493 e. The highest BCUT2D eigenvalue weighted by Crippen LogP contribution is 2.48. The molecule has 132 heavy (non-hydrogen) atoms. The lowest BCUT2D eigenvalue weighted by Gasteiger charge is -2.39. The minimum atomic E-state index is -4.62. The molecule has 0 unspecified atom stereocenters. The fourth-order valence-corrected chi connectivity index (χ4v) is 22.4. The Labute approximate surface area is 781 Å². The normalized spacial score (nSPS) is 20.5. The van der Waals surface area contributed by atoms with Crippen LogP contribution in [0.4, 0.5) is 22.7 Å². The Morgan fingerprint density at radius 1 is 0.523 bits per heavy atom. The van der Waals surface area contributed by atoms with Crippen LogP contribution in [0.2, 0.25) is 10.0 Å². The summed E-state index contributed by atoms with van der Waals surface area (Å²) in [6.45, 7) is 28.4. The van der Waals surface area contributed by atoms with Crippen molar-refractivity contribution in [3.63, 3.8) is 0 Å². The van der Waals surface area contributed by atoms with Gasteiger partial charge < -0.3 is 48.5 Å². The number of benzene rings is 6. The van der Waals surface area contributed by atoms with Gasteiger partial charge in [0.2, 0.25) is 0 Å². The summed E-state index contributed by atoms with van der Waals surface area (Å²) in [5.41, 5.74) is 11.6. The fraction of sp³-hybridized carbons (Fsp3) is 0.440. The molecule has 2 amide bonds. The van der Waals surface area contributed by atoms with Crippen molar-refractivity contribution in [2.75, 3.05) is 128 Å². The van der Waals surface area contributed by atoms with Gasteiger partial charge in [-0.3, -0.25) is 39.6 Å². The highest BCUT2D eigenvalue weighted by molar-refractivity contribution is 7.90. The van der Waals surface area contributed by atoms with E-state index in [4.69, 9.17) is 42.1 Å². The van der Waals surface area contributed by atoms with Crippen LogP contribution in [-0.2, 0) is 32.9 Å². The number of amides is 2. The van der Waals surface area contributed by atoms with Crippen LogP contribution in [0.15, 0.2) is 179 Å². The van der Waals surface area contributed by atoms with Crippen LogP contribution in [0.5, 0.6) is 34.5 Å². The highest BCUT2D eigenvalue weighted by atomic mass is 35.5. The van der Waals surface area contributed by atoms with Crippen LogP contribution < -0.4 is 38.2 Å². The Bertz CT molecular complexity index is 5910. The molecule has 4 fully saturated rings. The maximum Gasteiger partial charge on any atom is 0.277 e. The number of anilines is 2. The number of piperazine rings is 2. The number of allylic oxidation sites excluding steroid dienone is 2. The third-order valence-corrected chi connectivity index (χ3v) is 30.7. The number of fused-ring (bicyclic) bond motifs is 4. The van der Waals surface area contributed by atoms with E-state index in [1.807, 2.05) is 36.4 Å². The summed E-state index contributed by atoms with van der Waals surface area (Å²) in [7, 11) is -9.24. The molecule has 0 radical (unpaired) electrons. The zero-order valence-electron chi connectivity index (χ0n) is 75.7. The van der Waals surface area contributed by atoms with Crippen molar-refractivity contribution in [1.29, 1.82) is 0 Å². The van der Waals surface area contributed by atoms with E-state index in [0.717, 1.165) is 213 Å². The van der Waals surface area contributed by atoms with E-state index >= 15 is 0 Å². The second-order valence-electron chi connectivity index (χ2n) is 38.8. The molecule has 32 heteroatoms. The lowest BCUT2D eigenvalue weighted by molar-refractivity contribution is -0.386. The number of H-pyrrole nitrogens is 2. The van der Waals surface area contributed by atoms with Gasteiger partial charge in [0.15, 0.2) is 0 Å². The summed E-state index contributed by atoms with van der Waals surface area (Å²) >= 11 is 12.5. The summed E-state index contributed by atoms with van der Waals surface area (Å²) in [6.07, 6.45) is 20.2. The maximum atomic E-state index is 14.1. The number of sulfonamides is 2. The molecule has 696 valence electrons. The molecule has 4 saturated heterocycles. The molecule has 8 aliphatic rings. The second kappa shape index (κ2) is 39.7. The zero-order valence-corrected chi connectivity index (χ0v) is 78.9. The van der Waals surface area contributed by atoms with Crippen molar-refractivity contribution >= 4 is 111 Å². The van der Waals surface area contributed by atoms with Crippen LogP contribution >= 0.6 is 23.2 Å². The summed E-state index contributed by atoms with van der Waals surface area (Å²) < 4.78 is 85.0. The van der Waals surface area contributed by atoms with Crippen LogP contribution in [0.1, 0.15) is 162 Å². The minimum absolute atomic E-state index is 0.0355. The molecule has 4 aromatic heterocycles. The molecule has 0 bridgehead atoms. The lowest BCUT2D eigenvalue weighted by Crippen LogP contribution is -2.47. The average molecular weight is 1870 g/mol. The van der Waals surface area contributed by atoms with Gasteiger partial charge in [-0.1, -0.05) is 100 Å². The molecule has 0 saturated carbocycles. The predicted molar refractivity (Wildman–Crippen MR) is 514 cm³/mol. The van der Waals surface area contributed by atoms with E-state index < -0.39 is 51.5 Å². The molecule has 4 atom stereocenters. The number of carbonyl (C=O) groups excluding carboxylic acids is 2. The van der Waals surface area contributed by atoms with Crippen molar-refractivity contribution in [2.24, 2.45) is 34.5 Å². The summed E-state index contributed by atoms with van der Waals surface area (Å²) in [6, 6.07) is 38.5. The van der Waals surface area contributed by atoms with Crippen molar-refractivity contribution in [3.8, 4) is 34.5 Å². The zero-order chi connectivity index (χ0) is 92.3. The van der Waals surface area contributed by atoms with Gasteiger partial charge >= 0.3 is 0 Å². The van der Waals surface area contributed by atoms with Gasteiger partial charge in [0, 0.05) is 160 Å². The molecular formula is C100H116Cl2N14O14S2. The van der Waals surface area contributed by atoms with Crippen molar-refractivity contribution in [1.82, 2.24) is 49.0 Å². The Morgan fingerprint density at radius 3 is 1.31 bits per heavy atom. The predicted octanol–water partition coefficient (Wildman–Crippen LogP) is 19.0. The van der Waals surface area contributed by atoms with E-state index in [1.165, 1.54) is 70.8 Å². The first kappa shape index (κ1) is 92.9. The van der Waals surface area contributed by atoms with Gasteiger partial charge in [-0.05, 0) is 246 Å². The van der Waals surface area contributed by atoms with Crippen LogP contribution in [-0.4, -0.2) is 196 Å². The summed E-state index contributed by atoms with van der Waals surface area (Å²) in [4.78, 5) is 80.4. The average Bonchev–Trinajstić information content (AvgIpc) is 0.913. The molecular weight excluding hydrogens is 1760 g/mol. The molecule has 0 spiro atoms. The fourth-order valence-electron chi connectivity index (χ4n) is 20.1. The van der Waals surface area contributed by atoms with Crippen LogP contribution in [0.3, 0.4) is 0 Å². The number of aromatic amines is 2. The molecule has 10 aromatic rings. The number of halogens is 2. The van der Waals surface area contributed by atoms with Crippen molar-refractivity contribution < 1.29 is 55.2 Å². The molecule has 6 aliphatic heterocycles. The maximum absolute atomic E-state index is 14.1. The summed E-state index contributed by atoms with van der Waals surface area (Å²) in [5.74, 6) is 0.738. The SMILES string of the molecule is C[C@@H]1CCCN(CC[C@H]2COc3cc(S(=O)(=O)NC(=O)c4ccc(N5CCN(CC6=C(c7ccc(Cl)cc7)CC(C)(C)CC6)CC5)cc4Oc4cnc5[nH]ccc5c4)cc([N+](=O)[O-])c3C2)C1.C[C@H]1CCCN(CC[C@H]2COc3cc(S(=O)(=O)NC(=O)c4ccc(N5CCN(CC6=C(c7ccc(Cl)cc7)CC(C)(C)CC6)CC5)cc4Oc4cnc5[nH]ccc5c4)cc([N+](=O)[O-])c3C2)C1. The number of likely N-dealkylation sites (tertiary alicyclic amines) is 2. The first-order valence-electron chi connectivity index (χ1n) is 46.2. The van der Waals surface area contributed by atoms with Gasteiger partial charge in [0.1, 0.15) is 45.8 Å². The molecule has 18 rings (SSSR count). The van der Waals surface area contributed by atoms with E-state index in [1.54, 1.807) is 60.9 Å². The van der Waals surface area contributed by atoms with Crippen molar-refractivity contribution in [3.05, 3.63) is 233 Å². The Hall–Kier alpha value is -11.0. The minimum Gasteiger partial charge on any atom is -0.493 e. The number of nitrogens with one attached hydrogen (secondary N) is 4. The number of ether oxygens (including phenoxy) is 4. The lowest BCUT2D eigenvalue weighted by atomic mass is 9.72. The molecule has 2 aliphatic carbocycles. The van der Waals surface area contributed by atoms with Crippen LogP contribution in [0.25, 0.3) is 33.2 Å².